The summed E-state index contributed by atoms with van der Waals surface area (Å²) >= 11 is 5.95. The van der Waals surface area contributed by atoms with Crippen LogP contribution in [0.4, 0.5) is 0 Å². The normalized spacial score (nSPS) is 25.4. The smallest absolute Gasteiger partial charge is 0.193 e. The van der Waals surface area contributed by atoms with Crippen molar-refractivity contribution in [3.8, 4) is 0 Å². The third kappa shape index (κ3) is 3.76. The molecule has 0 aromatic carbocycles. The maximum absolute atomic E-state index is 5.95. The van der Waals surface area contributed by atoms with Gasteiger partial charge in [0.15, 0.2) is 5.22 Å². The van der Waals surface area contributed by atoms with Crippen molar-refractivity contribution in [2.75, 3.05) is 6.54 Å². The van der Waals surface area contributed by atoms with Gasteiger partial charge < -0.3 is 9.73 Å². The Morgan fingerprint density at radius 1 is 1.32 bits per heavy atom. The lowest BCUT2D eigenvalue weighted by molar-refractivity contribution is 0.161. The Hall–Kier alpha value is -0.470. The van der Waals surface area contributed by atoms with Gasteiger partial charge in [0.25, 0.3) is 0 Å². The molecule has 1 N–H and O–H groups in total. The van der Waals surface area contributed by atoms with Crippen molar-refractivity contribution < 1.29 is 4.42 Å². The minimum Gasteiger partial charge on any atom is -0.448 e. The van der Waals surface area contributed by atoms with E-state index in [0.717, 1.165) is 24.6 Å². The average molecular weight is 284 g/mol. The van der Waals surface area contributed by atoms with Gasteiger partial charge in [0.05, 0.1) is 6.04 Å². The Balaban J connectivity index is 2.15. The Bertz CT molecular complexity index is 377. The van der Waals surface area contributed by atoms with E-state index in [0.29, 0.717) is 17.2 Å². The van der Waals surface area contributed by atoms with E-state index in [1.165, 1.54) is 32.1 Å². The second-order valence-corrected chi connectivity index (χ2v) is 6.06. The van der Waals surface area contributed by atoms with Crippen LogP contribution in [0.25, 0.3) is 0 Å². The summed E-state index contributed by atoms with van der Waals surface area (Å²) in [7, 11) is 0. The van der Waals surface area contributed by atoms with Gasteiger partial charge in [0, 0.05) is 0 Å². The first-order valence-electron chi connectivity index (χ1n) is 7.74. The van der Waals surface area contributed by atoms with E-state index in [1.54, 1.807) is 0 Å². The lowest BCUT2D eigenvalue weighted by atomic mass is 9.73. The summed E-state index contributed by atoms with van der Waals surface area (Å²) in [6, 6.07) is 4.23. The van der Waals surface area contributed by atoms with Crippen LogP contribution >= 0.6 is 11.6 Å². The number of hydrogen-bond acceptors (Lipinski definition) is 2. The molecule has 0 spiro atoms. The zero-order valence-corrected chi connectivity index (χ0v) is 12.9. The summed E-state index contributed by atoms with van der Waals surface area (Å²) in [5, 5.41) is 4.18. The van der Waals surface area contributed by atoms with Crippen molar-refractivity contribution >= 4 is 11.6 Å². The minimum absolute atomic E-state index is 0.331. The van der Waals surface area contributed by atoms with Gasteiger partial charge in [0.1, 0.15) is 5.76 Å². The van der Waals surface area contributed by atoms with Gasteiger partial charge in [-0.05, 0) is 55.0 Å². The van der Waals surface area contributed by atoms with E-state index < -0.39 is 0 Å². The van der Waals surface area contributed by atoms with Crippen molar-refractivity contribution in [2.45, 2.75) is 58.4 Å². The lowest BCUT2D eigenvalue weighted by Gasteiger charge is -2.36. The molecule has 1 saturated carbocycles. The predicted molar refractivity (Wildman–Crippen MR) is 80.5 cm³/mol. The molecule has 1 aliphatic carbocycles. The summed E-state index contributed by atoms with van der Waals surface area (Å²) in [4.78, 5) is 0. The Morgan fingerprint density at radius 3 is 2.74 bits per heavy atom. The Kier molecular flexibility index (Phi) is 5.77. The molecule has 1 aromatic rings. The molecule has 108 valence electrons. The van der Waals surface area contributed by atoms with Crippen molar-refractivity contribution in [3.63, 3.8) is 0 Å². The Labute approximate surface area is 121 Å². The van der Waals surface area contributed by atoms with Crippen LogP contribution in [0.1, 0.15) is 64.2 Å². The van der Waals surface area contributed by atoms with Crippen LogP contribution in [0.2, 0.25) is 5.22 Å². The maximum atomic E-state index is 5.95. The molecule has 2 rings (SSSR count). The van der Waals surface area contributed by atoms with Crippen molar-refractivity contribution in [3.05, 3.63) is 23.1 Å². The average Bonchev–Trinajstić information content (AvgIpc) is 2.86. The van der Waals surface area contributed by atoms with Gasteiger partial charge in [0.2, 0.25) is 0 Å². The van der Waals surface area contributed by atoms with Crippen LogP contribution in [0.15, 0.2) is 16.5 Å². The molecule has 2 nitrogen and oxygen atoms in total. The molecule has 1 heterocycles. The molecule has 1 fully saturated rings. The van der Waals surface area contributed by atoms with E-state index >= 15 is 0 Å². The fourth-order valence-electron chi connectivity index (χ4n) is 3.44. The fraction of sp³-hybridized carbons (Fsp3) is 0.750. The third-order valence-electron chi connectivity index (χ3n) is 4.44. The lowest BCUT2D eigenvalue weighted by Crippen LogP contribution is -2.34. The highest BCUT2D eigenvalue weighted by Crippen LogP contribution is 2.41. The highest BCUT2D eigenvalue weighted by molar-refractivity contribution is 6.28. The highest BCUT2D eigenvalue weighted by Gasteiger charge is 2.33. The molecule has 0 bridgehead atoms. The molecular formula is C16H26ClNO. The highest BCUT2D eigenvalue weighted by atomic mass is 35.5. The third-order valence-corrected chi connectivity index (χ3v) is 4.64. The quantitative estimate of drug-likeness (QED) is 0.777. The van der Waals surface area contributed by atoms with Gasteiger partial charge in [-0.15, -0.1) is 0 Å². The SMILES string of the molecule is CCCNC(c1ccc(Cl)o1)C1CCCCC1CC. The molecule has 1 aliphatic rings. The molecule has 19 heavy (non-hydrogen) atoms. The van der Waals surface area contributed by atoms with E-state index in [2.05, 4.69) is 19.2 Å². The van der Waals surface area contributed by atoms with Crippen LogP contribution in [-0.4, -0.2) is 6.54 Å². The number of rotatable bonds is 6. The van der Waals surface area contributed by atoms with Crippen LogP contribution in [-0.2, 0) is 0 Å². The van der Waals surface area contributed by atoms with E-state index in [-0.39, 0.29) is 0 Å². The number of furan rings is 1. The van der Waals surface area contributed by atoms with Gasteiger partial charge in [-0.3, -0.25) is 0 Å². The molecule has 0 aliphatic heterocycles. The standard InChI is InChI=1S/C16H26ClNO/c1-3-11-18-16(14-9-10-15(17)19-14)13-8-6-5-7-12(13)4-2/h9-10,12-13,16,18H,3-8,11H2,1-2H3. The zero-order chi connectivity index (χ0) is 13.7. The van der Waals surface area contributed by atoms with Crippen LogP contribution in [0.3, 0.4) is 0 Å². The largest absolute Gasteiger partial charge is 0.448 e. The number of hydrogen-bond donors (Lipinski definition) is 1. The Morgan fingerprint density at radius 2 is 2.11 bits per heavy atom. The first-order chi connectivity index (χ1) is 9.26. The summed E-state index contributed by atoms with van der Waals surface area (Å²) in [5.41, 5.74) is 0. The molecule has 0 amide bonds. The monoisotopic (exact) mass is 283 g/mol. The topological polar surface area (TPSA) is 25.2 Å². The van der Waals surface area contributed by atoms with Gasteiger partial charge in [-0.25, -0.2) is 0 Å². The zero-order valence-electron chi connectivity index (χ0n) is 12.1. The molecule has 3 heteroatoms. The number of nitrogens with one attached hydrogen (secondary N) is 1. The van der Waals surface area contributed by atoms with E-state index in [4.69, 9.17) is 16.0 Å². The van der Waals surface area contributed by atoms with E-state index in [1.807, 2.05) is 12.1 Å². The second-order valence-electron chi connectivity index (χ2n) is 5.69. The first kappa shape index (κ1) is 14.9. The van der Waals surface area contributed by atoms with Gasteiger partial charge >= 0.3 is 0 Å². The molecule has 3 atom stereocenters. The van der Waals surface area contributed by atoms with Crippen molar-refractivity contribution in [2.24, 2.45) is 11.8 Å². The summed E-state index contributed by atoms with van der Waals surface area (Å²) in [6.45, 7) is 5.56. The maximum Gasteiger partial charge on any atom is 0.193 e. The summed E-state index contributed by atoms with van der Waals surface area (Å²) < 4.78 is 5.69. The molecule has 1 aromatic heterocycles. The molecular weight excluding hydrogens is 258 g/mol. The molecule has 0 saturated heterocycles. The van der Waals surface area contributed by atoms with Crippen LogP contribution in [0.5, 0.6) is 0 Å². The molecule has 0 radical (unpaired) electrons. The first-order valence-corrected chi connectivity index (χ1v) is 8.12. The van der Waals surface area contributed by atoms with Crippen molar-refractivity contribution in [1.29, 1.82) is 0 Å². The van der Waals surface area contributed by atoms with Gasteiger partial charge in [-0.1, -0.05) is 39.5 Å². The van der Waals surface area contributed by atoms with Crippen LogP contribution in [0, 0.1) is 11.8 Å². The van der Waals surface area contributed by atoms with Crippen molar-refractivity contribution in [1.82, 2.24) is 5.32 Å². The van der Waals surface area contributed by atoms with Gasteiger partial charge in [-0.2, -0.15) is 0 Å². The van der Waals surface area contributed by atoms with Crippen LogP contribution < -0.4 is 5.32 Å². The minimum atomic E-state index is 0.331. The number of halogens is 1. The second kappa shape index (κ2) is 7.35. The molecule has 3 unspecified atom stereocenters. The summed E-state index contributed by atoms with van der Waals surface area (Å²) in [6.07, 6.45) is 7.81. The summed E-state index contributed by atoms with van der Waals surface area (Å²) in [5.74, 6) is 2.52. The van der Waals surface area contributed by atoms with E-state index in [9.17, 15) is 0 Å². The fourth-order valence-corrected chi connectivity index (χ4v) is 3.59. The predicted octanol–water partition coefficient (Wildman–Crippen LogP) is 5.19.